The standard InChI is InChI=1S/C8H13N/c1-4-5-8(2)6-7-9-3/h4-8H,3H2,1-2H3/b5-4?,7-6-. The lowest BCUT2D eigenvalue weighted by atomic mass is 10.2. The van der Waals surface area contributed by atoms with Crippen LogP contribution in [0.3, 0.4) is 0 Å². The van der Waals surface area contributed by atoms with Crippen LogP contribution >= 0.6 is 0 Å². The second-order valence-corrected chi connectivity index (χ2v) is 1.91. The molecule has 1 heteroatoms. The molecule has 0 spiro atoms. The van der Waals surface area contributed by atoms with Gasteiger partial charge in [-0.1, -0.05) is 25.2 Å². The third-order valence-electron chi connectivity index (χ3n) is 0.991. The first-order chi connectivity index (χ1) is 4.31. The zero-order chi connectivity index (χ0) is 7.11. The van der Waals surface area contributed by atoms with Crippen molar-refractivity contribution in [3.8, 4) is 0 Å². The van der Waals surface area contributed by atoms with Gasteiger partial charge >= 0.3 is 0 Å². The highest BCUT2D eigenvalue weighted by molar-refractivity contribution is 5.25. The average Bonchev–Trinajstić information content (AvgIpc) is 1.85. The highest BCUT2D eigenvalue weighted by atomic mass is 14.6. The van der Waals surface area contributed by atoms with E-state index in [2.05, 4.69) is 24.7 Å². The van der Waals surface area contributed by atoms with Gasteiger partial charge in [0.1, 0.15) is 0 Å². The normalized spacial score (nSPS) is 14.9. The molecular formula is C8H13N. The van der Waals surface area contributed by atoms with Crippen molar-refractivity contribution in [1.82, 2.24) is 0 Å². The molecule has 0 rings (SSSR count). The van der Waals surface area contributed by atoms with Crippen LogP contribution in [-0.2, 0) is 0 Å². The lowest BCUT2D eigenvalue weighted by Crippen LogP contribution is -1.78. The van der Waals surface area contributed by atoms with Crippen molar-refractivity contribution in [1.29, 1.82) is 0 Å². The topological polar surface area (TPSA) is 12.4 Å². The fourth-order valence-electron chi connectivity index (χ4n) is 0.564. The first-order valence-electron chi connectivity index (χ1n) is 3.06. The molecule has 1 unspecified atom stereocenters. The Balaban J connectivity index is 3.61. The summed E-state index contributed by atoms with van der Waals surface area (Å²) in [5.41, 5.74) is 0. The van der Waals surface area contributed by atoms with Crippen LogP contribution in [-0.4, -0.2) is 6.72 Å². The van der Waals surface area contributed by atoms with Crippen LogP contribution in [0.2, 0.25) is 0 Å². The maximum atomic E-state index is 3.59. The number of allylic oxidation sites excluding steroid dienone is 3. The fourth-order valence-corrected chi connectivity index (χ4v) is 0.564. The molecule has 0 aliphatic rings. The van der Waals surface area contributed by atoms with Gasteiger partial charge in [-0.05, 0) is 19.6 Å². The van der Waals surface area contributed by atoms with E-state index >= 15 is 0 Å². The van der Waals surface area contributed by atoms with E-state index in [1.54, 1.807) is 6.20 Å². The second kappa shape index (κ2) is 5.29. The maximum absolute atomic E-state index is 3.59. The van der Waals surface area contributed by atoms with E-state index in [1.165, 1.54) is 0 Å². The van der Waals surface area contributed by atoms with Crippen molar-refractivity contribution in [2.24, 2.45) is 10.9 Å². The van der Waals surface area contributed by atoms with Gasteiger partial charge in [-0.2, -0.15) is 0 Å². The van der Waals surface area contributed by atoms with Crippen molar-refractivity contribution in [3.63, 3.8) is 0 Å². The molecule has 50 valence electrons. The number of nitrogens with zero attached hydrogens (tertiary/aromatic N) is 1. The monoisotopic (exact) mass is 123 g/mol. The summed E-state index contributed by atoms with van der Waals surface area (Å²) in [5.74, 6) is 0.473. The molecule has 0 saturated carbocycles. The first-order valence-corrected chi connectivity index (χ1v) is 3.06. The fraction of sp³-hybridized carbons (Fsp3) is 0.375. The van der Waals surface area contributed by atoms with Crippen molar-refractivity contribution in [3.05, 3.63) is 24.4 Å². The summed E-state index contributed by atoms with van der Waals surface area (Å²) in [6, 6.07) is 0. The molecule has 1 nitrogen and oxygen atoms in total. The minimum Gasteiger partial charge on any atom is -0.273 e. The average molecular weight is 123 g/mol. The Hall–Kier alpha value is -0.850. The smallest absolute Gasteiger partial charge is 0.0226 e. The lowest BCUT2D eigenvalue weighted by molar-refractivity contribution is 0.934. The summed E-state index contributed by atoms with van der Waals surface area (Å²) >= 11 is 0. The zero-order valence-electron chi connectivity index (χ0n) is 6.04. The van der Waals surface area contributed by atoms with Gasteiger partial charge in [0.05, 0.1) is 0 Å². The van der Waals surface area contributed by atoms with Gasteiger partial charge < -0.3 is 0 Å². The van der Waals surface area contributed by atoms with Gasteiger partial charge in [-0.3, -0.25) is 4.99 Å². The van der Waals surface area contributed by atoms with Gasteiger partial charge in [-0.15, -0.1) is 0 Å². The van der Waals surface area contributed by atoms with Crippen LogP contribution in [0.5, 0.6) is 0 Å². The summed E-state index contributed by atoms with van der Waals surface area (Å²) in [6.07, 6.45) is 7.83. The number of hydrogen-bond donors (Lipinski definition) is 0. The Bertz CT molecular complexity index is 123. The maximum Gasteiger partial charge on any atom is 0.0226 e. The molecule has 1 atom stereocenters. The molecule has 0 bridgehead atoms. The molecule has 9 heavy (non-hydrogen) atoms. The Morgan fingerprint density at radius 1 is 1.44 bits per heavy atom. The highest BCUT2D eigenvalue weighted by Crippen LogP contribution is 1.97. The van der Waals surface area contributed by atoms with Gasteiger partial charge in [0, 0.05) is 6.20 Å². The summed E-state index contributed by atoms with van der Waals surface area (Å²) < 4.78 is 0. The summed E-state index contributed by atoms with van der Waals surface area (Å²) in [7, 11) is 0. The minimum atomic E-state index is 0.473. The number of aliphatic imine (C=N–C) groups is 1. The van der Waals surface area contributed by atoms with Crippen molar-refractivity contribution in [2.45, 2.75) is 13.8 Å². The van der Waals surface area contributed by atoms with E-state index in [0.29, 0.717) is 5.92 Å². The van der Waals surface area contributed by atoms with Crippen LogP contribution in [0.25, 0.3) is 0 Å². The molecule has 0 heterocycles. The Morgan fingerprint density at radius 2 is 2.11 bits per heavy atom. The molecule has 0 radical (unpaired) electrons. The van der Waals surface area contributed by atoms with Gasteiger partial charge in [0.15, 0.2) is 0 Å². The molecule has 0 aliphatic carbocycles. The number of hydrogen-bond acceptors (Lipinski definition) is 1. The van der Waals surface area contributed by atoms with Crippen molar-refractivity contribution < 1.29 is 0 Å². The van der Waals surface area contributed by atoms with Gasteiger partial charge in [0.2, 0.25) is 0 Å². The molecule has 0 fully saturated rings. The Labute approximate surface area is 56.8 Å². The van der Waals surface area contributed by atoms with E-state index in [4.69, 9.17) is 0 Å². The summed E-state index contributed by atoms with van der Waals surface area (Å²) in [5, 5.41) is 0. The van der Waals surface area contributed by atoms with Crippen LogP contribution in [0.1, 0.15) is 13.8 Å². The molecule has 0 aliphatic heterocycles. The molecule has 0 aromatic carbocycles. The molecule has 0 N–H and O–H groups in total. The SMILES string of the molecule is C=N/C=C\C(C)C=CC. The van der Waals surface area contributed by atoms with Crippen molar-refractivity contribution in [2.75, 3.05) is 0 Å². The quantitative estimate of drug-likeness (QED) is 0.403. The van der Waals surface area contributed by atoms with Crippen LogP contribution in [0.15, 0.2) is 29.4 Å². The molecular weight excluding hydrogens is 110 g/mol. The van der Waals surface area contributed by atoms with Crippen LogP contribution in [0, 0.1) is 5.92 Å². The highest BCUT2D eigenvalue weighted by Gasteiger charge is 1.84. The molecule has 0 aromatic heterocycles. The molecule has 0 aromatic rings. The largest absolute Gasteiger partial charge is 0.273 e. The summed E-state index contributed by atoms with van der Waals surface area (Å²) in [4.78, 5) is 3.59. The van der Waals surface area contributed by atoms with E-state index in [9.17, 15) is 0 Å². The molecule has 0 saturated heterocycles. The molecule has 0 amide bonds. The zero-order valence-corrected chi connectivity index (χ0v) is 6.04. The second-order valence-electron chi connectivity index (χ2n) is 1.91. The van der Waals surface area contributed by atoms with Gasteiger partial charge in [0.25, 0.3) is 0 Å². The summed E-state index contributed by atoms with van der Waals surface area (Å²) in [6.45, 7) is 7.44. The lowest BCUT2D eigenvalue weighted by Gasteiger charge is -1.92. The van der Waals surface area contributed by atoms with Gasteiger partial charge in [-0.25, -0.2) is 0 Å². The van der Waals surface area contributed by atoms with E-state index in [0.717, 1.165) is 0 Å². The predicted octanol–water partition coefficient (Wildman–Crippen LogP) is 2.41. The predicted molar refractivity (Wildman–Crippen MR) is 42.7 cm³/mol. The third kappa shape index (κ3) is 5.01. The van der Waals surface area contributed by atoms with Crippen LogP contribution < -0.4 is 0 Å². The van der Waals surface area contributed by atoms with E-state index < -0.39 is 0 Å². The van der Waals surface area contributed by atoms with E-state index in [1.807, 2.05) is 19.1 Å². The minimum absolute atomic E-state index is 0.473. The first kappa shape index (κ1) is 8.15. The van der Waals surface area contributed by atoms with Crippen LogP contribution in [0.4, 0.5) is 0 Å². The third-order valence-corrected chi connectivity index (χ3v) is 0.991. The van der Waals surface area contributed by atoms with E-state index in [-0.39, 0.29) is 0 Å². The number of rotatable bonds is 3. The Kier molecular flexibility index (Phi) is 4.79. The Morgan fingerprint density at radius 3 is 2.56 bits per heavy atom. The van der Waals surface area contributed by atoms with Crippen molar-refractivity contribution >= 4 is 6.72 Å².